The highest BCUT2D eigenvalue weighted by Crippen LogP contribution is 2.14. The number of pyridine rings is 1. The highest BCUT2D eigenvalue weighted by atomic mass is 16.4. The van der Waals surface area contributed by atoms with Crippen LogP contribution in [0.15, 0.2) is 24.5 Å². The van der Waals surface area contributed by atoms with Crippen molar-refractivity contribution in [2.45, 2.75) is 45.1 Å². The van der Waals surface area contributed by atoms with Gasteiger partial charge in [0, 0.05) is 38.6 Å². The first-order valence-corrected chi connectivity index (χ1v) is 8.31. The summed E-state index contributed by atoms with van der Waals surface area (Å²) in [7, 11) is 0. The van der Waals surface area contributed by atoms with Crippen LogP contribution in [0, 0.1) is 0 Å². The molecule has 2 rings (SSSR count). The summed E-state index contributed by atoms with van der Waals surface area (Å²) in [5.74, 6) is -0.887. The Bertz CT molecular complexity index is 499. The number of carbonyl (C=O) groups excluding carboxylic acids is 1. The summed E-state index contributed by atoms with van der Waals surface area (Å²) in [6, 6.07) is 3.67. The number of carbonyl (C=O) groups is 2. The van der Waals surface area contributed by atoms with Gasteiger partial charge >= 0.3 is 12.0 Å². The summed E-state index contributed by atoms with van der Waals surface area (Å²) in [5.41, 5.74) is 0.915. The third-order valence-electron chi connectivity index (χ3n) is 4.09. The molecule has 0 bridgehead atoms. The average molecular weight is 319 g/mol. The number of rotatable bonds is 5. The molecule has 1 aliphatic rings. The van der Waals surface area contributed by atoms with Crippen molar-refractivity contribution in [2.75, 3.05) is 19.6 Å². The summed E-state index contributed by atoms with van der Waals surface area (Å²) in [6.07, 6.45) is 8.94. The van der Waals surface area contributed by atoms with E-state index in [9.17, 15) is 9.59 Å². The second-order valence-electron chi connectivity index (χ2n) is 5.96. The molecule has 0 saturated carbocycles. The van der Waals surface area contributed by atoms with Crippen LogP contribution in [0.4, 0.5) is 4.79 Å². The number of carboxylic acids is 1. The van der Waals surface area contributed by atoms with E-state index in [1.165, 1.54) is 6.42 Å². The zero-order chi connectivity index (χ0) is 16.5. The molecule has 6 heteroatoms. The Hall–Kier alpha value is -2.11. The number of likely N-dealkylation sites (tertiary alicyclic amines) is 1. The second-order valence-corrected chi connectivity index (χ2v) is 5.96. The van der Waals surface area contributed by atoms with Gasteiger partial charge in [-0.25, -0.2) is 4.79 Å². The normalized spacial score (nSPS) is 15.6. The molecule has 0 aromatic carbocycles. The van der Waals surface area contributed by atoms with Gasteiger partial charge in [0.25, 0.3) is 0 Å². The van der Waals surface area contributed by atoms with Gasteiger partial charge in [0.05, 0.1) is 6.42 Å². The van der Waals surface area contributed by atoms with E-state index in [1.54, 1.807) is 17.3 Å². The number of carboxylic acid groups (broad SMARTS) is 1. The van der Waals surface area contributed by atoms with Crippen molar-refractivity contribution in [3.63, 3.8) is 0 Å². The van der Waals surface area contributed by atoms with E-state index in [-0.39, 0.29) is 19.0 Å². The highest BCUT2D eigenvalue weighted by molar-refractivity contribution is 5.75. The van der Waals surface area contributed by atoms with Crippen LogP contribution in [0.25, 0.3) is 0 Å². The molecule has 1 aromatic rings. The molecule has 1 aliphatic heterocycles. The predicted molar refractivity (Wildman–Crippen MR) is 87.0 cm³/mol. The average Bonchev–Trinajstić information content (AvgIpc) is 2.51. The lowest BCUT2D eigenvalue weighted by Crippen LogP contribution is -2.44. The predicted octanol–water partition coefficient (Wildman–Crippen LogP) is 2.74. The molecule has 6 nitrogen and oxygen atoms in total. The highest BCUT2D eigenvalue weighted by Gasteiger charge is 2.22. The summed E-state index contributed by atoms with van der Waals surface area (Å²) in [5, 5.41) is 8.94. The lowest BCUT2D eigenvalue weighted by molar-refractivity contribution is -0.137. The van der Waals surface area contributed by atoms with Gasteiger partial charge in [-0.15, -0.1) is 0 Å². The lowest BCUT2D eigenvalue weighted by atomic mass is 10.1. The SMILES string of the molecule is O=C(O)CCN(Cc1cccnc1)C(=O)N1CCCCCCC1. The molecule has 0 radical (unpaired) electrons. The van der Waals surface area contributed by atoms with Crippen LogP contribution in [0.2, 0.25) is 0 Å². The number of urea groups is 1. The Kier molecular flexibility index (Phi) is 6.84. The Morgan fingerprint density at radius 2 is 1.87 bits per heavy atom. The number of hydrogen-bond acceptors (Lipinski definition) is 3. The van der Waals surface area contributed by atoms with Gasteiger partial charge in [-0.05, 0) is 24.5 Å². The monoisotopic (exact) mass is 319 g/mol. The molecule has 1 aromatic heterocycles. The molecular formula is C17H25N3O3. The van der Waals surface area contributed by atoms with E-state index in [1.807, 2.05) is 17.0 Å². The number of hydrogen-bond donors (Lipinski definition) is 1. The maximum Gasteiger partial charge on any atom is 0.320 e. The quantitative estimate of drug-likeness (QED) is 0.905. The van der Waals surface area contributed by atoms with E-state index in [0.717, 1.165) is 44.3 Å². The van der Waals surface area contributed by atoms with Crippen molar-refractivity contribution in [1.29, 1.82) is 0 Å². The molecule has 0 aliphatic carbocycles. The van der Waals surface area contributed by atoms with Crippen LogP contribution >= 0.6 is 0 Å². The Balaban J connectivity index is 2.04. The van der Waals surface area contributed by atoms with E-state index in [2.05, 4.69) is 4.98 Å². The molecule has 0 spiro atoms. The van der Waals surface area contributed by atoms with Crippen LogP contribution < -0.4 is 0 Å². The first kappa shape index (κ1) is 17.2. The first-order valence-electron chi connectivity index (χ1n) is 8.31. The molecule has 2 heterocycles. The Morgan fingerprint density at radius 1 is 1.17 bits per heavy atom. The third kappa shape index (κ3) is 5.88. The van der Waals surface area contributed by atoms with Gasteiger partial charge in [-0.2, -0.15) is 0 Å². The van der Waals surface area contributed by atoms with Gasteiger partial charge in [-0.1, -0.05) is 25.3 Å². The zero-order valence-corrected chi connectivity index (χ0v) is 13.5. The topological polar surface area (TPSA) is 73.7 Å². The number of nitrogens with zero attached hydrogens (tertiary/aromatic N) is 3. The maximum atomic E-state index is 12.8. The minimum absolute atomic E-state index is 0.0418. The molecule has 1 saturated heterocycles. The van der Waals surface area contributed by atoms with Gasteiger partial charge in [0.2, 0.25) is 0 Å². The molecule has 1 fully saturated rings. The van der Waals surface area contributed by atoms with Gasteiger partial charge < -0.3 is 14.9 Å². The molecule has 126 valence electrons. The van der Waals surface area contributed by atoms with Crippen molar-refractivity contribution < 1.29 is 14.7 Å². The summed E-state index contributed by atoms with van der Waals surface area (Å²) in [6.45, 7) is 2.14. The fourth-order valence-electron chi connectivity index (χ4n) is 2.82. The van der Waals surface area contributed by atoms with Gasteiger partial charge in [0.1, 0.15) is 0 Å². The zero-order valence-electron chi connectivity index (χ0n) is 13.5. The minimum atomic E-state index is -0.887. The Labute approximate surface area is 137 Å². The number of aliphatic carboxylic acids is 1. The molecule has 23 heavy (non-hydrogen) atoms. The second kappa shape index (κ2) is 9.12. The lowest BCUT2D eigenvalue weighted by Gasteiger charge is -2.31. The fraction of sp³-hybridized carbons (Fsp3) is 0.588. The van der Waals surface area contributed by atoms with Crippen LogP contribution in [-0.4, -0.2) is 51.5 Å². The van der Waals surface area contributed by atoms with E-state index in [4.69, 9.17) is 5.11 Å². The first-order chi connectivity index (χ1) is 11.2. The van der Waals surface area contributed by atoms with Gasteiger partial charge in [-0.3, -0.25) is 9.78 Å². The van der Waals surface area contributed by atoms with Crippen LogP contribution in [0.1, 0.15) is 44.1 Å². The summed E-state index contributed by atoms with van der Waals surface area (Å²) >= 11 is 0. The Morgan fingerprint density at radius 3 is 2.48 bits per heavy atom. The van der Waals surface area contributed by atoms with Gasteiger partial charge in [0.15, 0.2) is 0 Å². The van der Waals surface area contributed by atoms with Crippen molar-refractivity contribution in [3.8, 4) is 0 Å². The third-order valence-corrected chi connectivity index (χ3v) is 4.09. The maximum absolute atomic E-state index is 12.8. The van der Waals surface area contributed by atoms with Crippen LogP contribution in [-0.2, 0) is 11.3 Å². The minimum Gasteiger partial charge on any atom is -0.481 e. The molecule has 0 atom stereocenters. The summed E-state index contributed by atoms with van der Waals surface area (Å²) < 4.78 is 0. The molecule has 2 amide bonds. The van der Waals surface area contributed by atoms with Crippen molar-refractivity contribution in [2.24, 2.45) is 0 Å². The van der Waals surface area contributed by atoms with Crippen molar-refractivity contribution in [1.82, 2.24) is 14.8 Å². The smallest absolute Gasteiger partial charge is 0.320 e. The molecular weight excluding hydrogens is 294 g/mol. The fourth-order valence-corrected chi connectivity index (χ4v) is 2.82. The van der Waals surface area contributed by atoms with Crippen LogP contribution in [0.5, 0.6) is 0 Å². The standard InChI is InChI=1S/C17H25N3O3/c21-16(22)8-12-20(14-15-7-6-9-18-13-15)17(23)19-10-4-2-1-3-5-11-19/h6-7,9,13H,1-5,8,10-12,14H2,(H,21,22). The molecule has 0 unspecified atom stereocenters. The van der Waals surface area contributed by atoms with Crippen molar-refractivity contribution in [3.05, 3.63) is 30.1 Å². The molecule has 1 N–H and O–H groups in total. The number of aromatic nitrogens is 1. The van der Waals surface area contributed by atoms with Crippen LogP contribution in [0.3, 0.4) is 0 Å². The number of amides is 2. The van der Waals surface area contributed by atoms with E-state index in [0.29, 0.717) is 6.54 Å². The van der Waals surface area contributed by atoms with Crippen molar-refractivity contribution >= 4 is 12.0 Å². The van der Waals surface area contributed by atoms with E-state index >= 15 is 0 Å². The summed E-state index contributed by atoms with van der Waals surface area (Å²) in [4.78, 5) is 31.3. The largest absolute Gasteiger partial charge is 0.481 e. The van der Waals surface area contributed by atoms with E-state index < -0.39 is 5.97 Å².